The minimum atomic E-state index is -1.05. The third kappa shape index (κ3) is 5.99. The SMILES string of the molecule is NC(=O)CCc1c(CC(O)CO)c(CC(O)CO)c(CCC(N)=O)c2ccccc12. The Balaban J connectivity index is 2.81. The van der Waals surface area contributed by atoms with Gasteiger partial charge < -0.3 is 31.9 Å². The quantitative estimate of drug-likeness (QED) is 0.271. The maximum absolute atomic E-state index is 11.5. The number of aryl methyl sites for hydroxylation is 2. The number of fused-ring (bicyclic) bond motifs is 1. The summed E-state index contributed by atoms with van der Waals surface area (Å²) in [6.45, 7) is -0.915. The summed E-state index contributed by atoms with van der Waals surface area (Å²) in [5, 5.41) is 40.9. The van der Waals surface area contributed by atoms with Crippen LogP contribution in [0.25, 0.3) is 10.8 Å². The van der Waals surface area contributed by atoms with Gasteiger partial charge in [0.2, 0.25) is 11.8 Å². The predicted octanol–water partition coefficient (Wildman–Crippen LogP) is -0.533. The second-order valence-electron chi connectivity index (χ2n) is 7.47. The van der Waals surface area contributed by atoms with Gasteiger partial charge in [0.25, 0.3) is 0 Å². The van der Waals surface area contributed by atoms with Crippen LogP contribution in [-0.2, 0) is 35.3 Å². The Bertz CT molecular complexity index is 826. The van der Waals surface area contributed by atoms with E-state index >= 15 is 0 Å². The Morgan fingerprint density at radius 2 is 1.10 bits per heavy atom. The molecule has 8 nitrogen and oxygen atoms in total. The zero-order chi connectivity index (χ0) is 22.3. The summed E-state index contributed by atoms with van der Waals surface area (Å²) in [6, 6.07) is 7.48. The lowest BCUT2D eigenvalue weighted by Gasteiger charge is -2.25. The smallest absolute Gasteiger partial charge is 0.217 e. The largest absolute Gasteiger partial charge is 0.394 e. The van der Waals surface area contributed by atoms with Crippen LogP contribution in [0.5, 0.6) is 0 Å². The van der Waals surface area contributed by atoms with E-state index in [0.29, 0.717) is 24.0 Å². The van der Waals surface area contributed by atoms with E-state index < -0.39 is 37.2 Å². The van der Waals surface area contributed by atoms with Crippen molar-refractivity contribution in [2.45, 2.75) is 50.7 Å². The molecule has 2 atom stereocenters. The first kappa shape index (κ1) is 23.8. The highest BCUT2D eigenvalue weighted by Gasteiger charge is 2.23. The molecule has 2 amide bonds. The first-order valence-corrected chi connectivity index (χ1v) is 9.97. The topological polar surface area (TPSA) is 167 Å². The van der Waals surface area contributed by atoms with E-state index in [9.17, 15) is 30.0 Å². The Kier molecular flexibility index (Phi) is 8.73. The summed E-state index contributed by atoms with van der Waals surface area (Å²) < 4.78 is 0. The molecule has 0 saturated heterocycles. The van der Waals surface area contributed by atoms with Gasteiger partial charge in [-0.2, -0.15) is 0 Å². The van der Waals surface area contributed by atoms with Crippen molar-refractivity contribution in [1.29, 1.82) is 0 Å². The molecule has 2 rings (SSSR count). The molecular formula is C22H30N2O6. The van der Waals surface area contributed by atoms with Crippen LogP contribution in [0.1, 0.15) is 35.1 Å². The molecule has 0 heterocycles. The van der Waals surface area contributed by atoms with Crippen molar-refractivity contribution >= 4 is 22.6 Å². The Morgan fingerprint density at radius 1 is 0.733 bits per heavy atom. The van der Waals surface area contributed by atoms with Crippen LogP contribution in [0.3, 0.4) is 0 Å². The van der Waals surface area contributed by atoms with Crippen LogP contribution in [0.15, 0.2) is 24.3 Å². The zero-order valence-corrected chi connectivity index (χ0v) is 16.9. The molecule has 0 bridgehead atoms. The van der Waals surface area contributed by atoms with Gasteiger partial charge >= 0.3 is 0 Å². The normalized spacial score (nSPS) is 13.3. The number of aliphatic hydroxyl groups excluding tert-OH is 4. The number of amides is 2. The summed E-state index contributed by atoms with van der Waals surface area (Å²) >= 11 is 0. The minimum absolute atomic E-state index is 0.0898. The van der Waals surface area contributed by atoms with Crippen molar-refractivity contribution in [3.63, 3.8) is 0 Å². The van der Waals surface area contributed by atoms with E-state index in [4.69, 9.17) is 11.5 Å². The Hall–Kier alpha value is -2.52. The molecule has 8 N–H and O–H groups in total. The number of hydrogen-bond acceptors (Lipinski definition) is 6. The van der Waals surface area contributed by atoms with Crippen LogP contribution < -0.4 is 11.5 Å². The molecule has 0 aromatic heterocycles. The van der Waals surface area contributed by atoms with Crippen molar-refractivity contribution in [3.05, 3.63) is 46.5 Å². The molecule has 0 spiro atoms. The fourth-order valence-electron chi connectivity index (χ4n) is 3.86. The fraction of sp³-hybridized carbons (Fsp3) is 0.455. The van der Waals surface area contributed by atoms with Gasteiger partial charge in [-0.05, 0) is 45.9 Å². The average Bonchev–Trinajstić information content (AvgIpc) is 2.71. The number of primary amides is 2. The number of nitrogens with two attached hydrogens (primary N) is 2. The van der Waals surface area contributed by atoms with Gasteiger partial charge in [-0.25, -0.2) is 0 Å². The van der Waals surface area contributed by atoms with Gasteiger partial charge in [0.05, 0.1) is 25.4 Å². The summed E-state index contributed by atoms with van der Waals surface area (Å²) in [4.78, 5) is 22.9. The number of hydrogen-bond donors (Lipinski definition) is 6. The van der Waals surface area contributed by atoms with E-state index in [0.717, 1.165) is 21.9 Å². The first-order valence-electron chi connectivity index (χ1n) is 9.97. The molecule has 0 aliphatic rings. The average molecular weight is 418 g/mol. The highest BCUT2D eigenvalue weighted by atomic mass is 16.3. The lowest BCUT2D eigenvalue weighted by Crippen LogP contribution is -2.23. The van der Waals surface area contributed by atoms with Crippen molar-refractivity contribution in [2.75, 3.05) is 13.2 Å². The first-order chi connectivity index (χ1) is 14.3. The third-order valence-electron chi connectivity index (χ3n) is 5.21. The van der Waals surface area contributed by atoms with E-state index in [-0.39, 0.29) is 25.7 Å². The Labute approximate surface area is 175 Å². The van der Waals surface area contributed by atoms with Crippen molar-refractivity contribution < 1.29 is 30.0 Å². The van der Waals surface area contributed by atoms with Gasteiger partial charge in [0.1, 0.15) is 0 Å². The second-order valence-corrected chi connectivity index (χ2v) is 7.47. The van der Waals surface area contributed by atoms with Crippen LogP contribution in [0.4, 0.5) is 0 Å². The van der Waals surface area contributed by atoms with E-state index in [2.05, 4.69) is 0 Å². The predicted molar refractivity (Wildman–Crippen MR) is 113 cm³/mol. The number of rotatable bonds is 12. The van der Waals surface area contributed by atoms with Crippen molar-refractivity contribution in [3.8, 4) is 0 Å². The number of carbonyl (C=O) groups excluding carboxylic acids is 2. The van der Waals surface area contributed by atoms with Gasteiger partial charge in [-0.15, -0.1) is 0 Å². The maximum atomic E-state index is 11.5. The molecule has 0 fully saturated rings. The Morgan fingerprint density at radius 3 is 1.40 bits per heavy atom. The number of benzene rings is 2. The lowest BCUT2D eigenvalue weighted by atomic mass is 9.81. The molecule has 30 heavy (non-hydrogen) atoms. The van der Waals surface area contributed by atoms with Crippen molar-refractivity contribution in [1.82, 2.24) is 0 Å². The molecule has 164 valence electrons. The molecule has 8 heteroatoms. The maximum Gasteiger partial charge on any atom is 0.217 e. The zero-order valence-electron chi connectivity index (χ0n) is 16.9. The second kappa shape index (κ2) is 11.0. The molecule has 0 aliphatic heterocycles. The molecule has 0 radical (unpaired) electrons. The fourth-order valence-corrected chi connectivity index (χ4v) is 3.86. The van der Waals surface area contributed by atoms with Crippen LogP contribution in [0, 0.1) is 0 Å². The van der Waals surface area contributed by atoms with Gasteiger partial charge in [0, 0.05) is 25.7 Å². The molecule has 2 aromatic carbocycles. The lowest BCUT2D eigenvalue weighted by molar-refractivity contribution is -0.118. The van der Waals surface area contributed by atoms with Crippen molar-refractivity contribution in [2.24, 2.45) is 11.5 Å². The third-order valence-corrected chi connectivity index (χ3v) is 5.21. The highest BCUT2D eigenvalue weighted by Crippen LogP contribution is 2.34. The van der Waals surface area contributed by atoms with Gasteiger partial charge in [-0.3, -0.25) is 9.59 Å². The summed E-state index contributed by atoms with van der Waals surface area (Å²) in [6.07, 6.45) is -1.09. The number of aliphatic hydroxyl groups is 4. The van der Waals surface area contributed by atoms with Crippen LogP contribution in [-0.4, -0.2) is 57.7 Å². The summed E-state index contributed by atoms with van der Waals surface area (Å²) in [7, 11) is 0. The number of carbonyl (C=O) groups is 2. The summed E-state index contributed by atoms with van der Waals surface area (Å²) in [5.74, 6) is -0.940. The molecule has 0 aliphatic carbocycles. The summed E-state index contributed by atoms with van der Waals surface area (Å²) in [5.41, 5.74) is 13.7. The van der Waals surface area contributed by atoms with E-state index in [1.54, 1.807) is 0 Å². The molecular weight excluding hydrogens is 388 g/mol. The van der Waals surface area contributed by atoms with Gasteiger partial charge in [-0.1, -0.05) is 24.3 Å². The molecule has 2 unspecified atom stereocenters. The van der Waals surface area contributed by atoms with Crippen LogP contribution >= 0.6 is 0 Å². The highest BCUT2D eigenvalue weighted by molar-refractivity contribution is 5.92. The molecule has 0 saturated carbocycles. The van der Waals surface area contributed by atoms with E-state index in [1.807, 2.05) is 24.3 Å². The van der Waals surface area contributed by atoms with E-state index in [1.165, 1.54) is 0 Å². The molecule has 2 aromatic rings. The standard InChI is InChI=1S/C22H30N2O6/c23-21(29)7-5-17-15-3-1-2-4-16(15)18(6-8-22(24)30)20(10-14(28)12-26)19(17)9-13(27)11-25/h1-4,13-14,25-28H,5-12H2,(H2,23,29)(H2,24,30). The van der Waals surface area contributed by atoms with Crippen LogP contribution in [0.2, 0.25) is 0 Å². The minimum Gasteiger partial charge on any atom is -0.394 e. The van der Waals surface area contributed by atoms with Gasteiger partial charge in [0.15, 0.2) is 0 Å². The monoisotopic (exact) mass is 418 g/mol.